The third kappa shape index (κ3) is 7.70. The van der Waals surface area contributed by atoms with Crippen LogP contribution in [0.5, 0.6) is 0 Å². The number of thioether (sulfide) groups is 1. The zero-order chi connectivity index (χ0) is 19.5. The fourth-order valence-electron chi connectivity index (χ4n) is 3.39. The van der Waals surface area contributed by atoms with Gasteiger partial charge in [0.15, 0.2) is 11.1 Å². The number of guanidine groups is 1. The summed E-state index contributed by atoms with van der Waals surface area (Å²) < 4.78 is 2.26. The van der Waals surface area contributed by atoms with Crippen molar-refractivity contribution in [3.63, 3.8) is 0 Å². The maximum atomic E-state index is 4.39. The summed E-state index contributed by atoms with van der Waals surface area (Å²) >= 11 is 1.67. The van der Waals surface area contributed by atoms with Crippen molar-refractivity contribution in [1.29, 1.82) is 0 Å². The summed E-state index contributed by atoms with van der Waals surface area (Å²) in [5.41, 5.74) is 0. The van der Waals surface area contributed by atoms with Gasteiger partial charge in [-0.2, -0.15) is 0 Å². The fraction of sp³-hybridized carbons (Fsp3) is 0.842. The van der Waals surface area contributed by atoms with Crippen molar-refractivity contribution in [2.24, 2.45) is 10.9 Å². The van der Waals surface area contributed by atoms with Crippen molar-refractivity contribution in [1.82, 2.24) is 30.3 Å². The Labute approximate surface area is 168 Å². The van der Waals surface area contributed by atoms with Crippen molar-refractivity contribution < 1.29 is 0 Å². The normalized spacial score (nSPS) is 16.1. The summed E-state index contributed by atoms with van der Waals surface area (Å²) in [4.78, 5) is 6.87. The molecule has 0 spiro atoms. The number of likely N-dealkylation sites (tertiary alicyclic amines) is 1. The Bertz CT molecular complexity index is 564. The first kappa shape index (κ1) is 22.0. The molecule has 0 aliphatic carbocycles. The third-order valence-electron chi connectivity index (χ3n) is 4.79. The predicted octanol–water partition coefficient (Wildman–Crippen LogP) is 2.24. The molecule has 1 aromatic rings. The quantitative estimate of drug-likeness (QED) is 0.274. The van der Waals surface area contributed by atoms with E-state index in [-0.39, 0.29) is 0 Å². The number of piperidine rings is 1. The Kier molecular flexibility index (Phi) is 9.97. The molecule has 0 amide bonds. The highest BCUT2D eigenvalue weighted by atomic mass is 32.2. The van der Waals surface area contributed by atoms with E-state index < -0.39 is 0 Å². The Morgan fingerprint density at radius 3 is 2.56 bits per heavy atom. The van der Waals surface area contributed by atoms with Gasteiger partial charge in [0.25, 0.3) is 0 Å². The van der Waals surface area contributed by atoms with Crippen LogP contribution in [0.15, 0.2) is 10.1 Å². The number of aryl methyl sites for hydroxylation is 1. The molecule has 2 heterocycles. The minimum absolute atomic E-state index is 0.590. The van der Waals surface area contributed by atoms with E-state index in [2.05, 4.69) is 55.4 Å². The number of aromatic nitrogens is 3. The SMILES string of the molecule is CN=C(NCCCc1nnc(SC)n1CC(C)C)NCCN1CCCCC1. The van der Waals surface area contributed by atoms with E-state index >= 15 is 0 Å². The number of aliphatic imine (C=N–C) groups is 1. The van der Waals surface area contributed by atoms with E-state index in [9.17, 15) is 0 Å². The van der Waals surface area contributed by atoms with Crippen molar-refractivity contribution in [3.8, 4) is 0 Å². The summed E-state index contributed by atoms with van der Waals surface area (Å²) in [6.07, 6.45) is 8.07. The molecule has 27 heavy (non-hydrogen) atoms. The maximum Gasteiger partial charge on any atom is 0.191 e. The minimum Gasteiger partial charge on any atom is -0.356 e. The average molecular weight is 396 g/mol. The molecule has 1 saturated heterocycles. The molecule has 0 unspecified atom stereocenters. The van der Waals surface area contributed by atoms with Gasteiger partial charge in [-0.05, 0) is 44.5 Å². The van der Waals surface area contributed by atoms with Crippen LogP contribution in [0.4, 0.5) is 0 Å². The smallest absolute Gasteiger partial charge is 0.191 e. The molecule has 0 bridgehead atoms. The molecule has 2 rings (SSSR count). The number of hydrogen-bond donors (Lipinski definition) is 2. The highest BCUT2D eigenvalue weighted by Crippen LogP contribution is 2.16. The summed E-state index contributed by atoms with van der Waals surface area (Å²) in [5, 5.41) is 16.6. The molecule has 0 radical (unpaired) electrons. The van der Waals surface area contributed by atoms with Crippen molar-refractivity contribution >= 4 is 17.7 Å². The molecule has 8 heteroatoms. The van der Waals surface area contributed by atoms with Gasteiger partial charge in [-0.25, -0.2) is 0 Å². The van der Waals surface area contributed by atoms with Crippen LogP contribution >= 0.6 is 11.8 Å². The largest absolute Gasteiger partial charge is 0.356 e. The molecule has 0 aromatic carbocycles. The van der Waals surface area contributed by atoms with Crippen LogP contribution in [-0.2, 0) is 13.0 Å². The van der Waals surface area contributed by atoms with Gasteiger partial charge in [0.1, 0.15) is 5.82 Å². The van der Waals surface area contributed by atoms with Crippen LogP contribution in [0.1, 0.15) is 45.4 Å². The average Bonchev–Trinajstić information content (AvgIpc) is 3.05. The lowest BCUT2D eigenvalue weighted by atomic mass is 10.1. The molecule has 1 aliphatic heterocycles. The van der Waals surface area contributed by atoms with Crippen molar-refractivity contribution in [3.05, 3.63) is 5.82 Å². The summed E-state index contributed by atoms with van der Waals surface area (Å²) in [6.45, 7) is 10.8. The summed E-state index contributed by atoms with van der Waals surface area (Å²) in [6, 6.07) is 0. The Morgan fingerprint density at radius 2 is 1.89 bits per heavy atom. The molecule has 7 nitrogen and oxygen atoms in total. The first-order valence-corrected chi connectivity index (χ1v) is 11.5. The zero-order valence-corrected chi connectivity index (χ0v) is 18.3. The summed E-state index contributed by atoms with van der Waals surface area (Å²) in [7, 11) is 1.83. The molecule has 1 aliphatic rings. The van der Waals surface area contributed by atoms with E-state index in [1.807, 2.05) is 7.05 Å². The lowest BCUT2D eigenvalue weighted by Gasteiger charge is -2.26. The summed E-state index contributed by atoms with van der Waals surface area (Å²) in [5.74, 6) is 2.56. The van der Waals surface area contributed by atoms with Crippen LogP contribution in [0.3, 0.4) is 0 Å². The van der Waals surface area contributed by atoms with Gasteiger partial charge in [0, 0.05) is 39.6 Å². The van der Waals surface area contributed by atoms with E-state index in [0.29, 0.717) is 5.92 Å². The van der Waals surface area contributed by atoms with Crippen LogP contribution in [0.25, 0.3) is 0 Å². The van der Waals surface area contributed by atoms with E-state index in [1.54, 1.807) is 11.8 Å². The monoisotopic (exact) mass is 395 g/mol. The third-order valence-corrected chi connectivity index (χ3v) is 5.45. The first-order valence-electron chi connectivity index (χ1n) is 10.3. The van der Waals surface area contributed by atoms with Crippen LogP contribution in [-0.4, -0.2) is 71.7 Å². The second-order valence-corrected chi connectivity index (χ2v) is 8.31. The molecule has 0 atom stereocenters. The van der Waals surface area contributed by atoms with E-state index in [0.717, 1.165) is 56.0 Å². The molecule has 1 aromatic heterocycles. The van der Waals surface area contributed by atoms with Crippen LogP contribution in [0.2, 0.25) is 0 Å². The van der Waals surface area contributed by atoms with Gasteiger partial charge in [-0.15, -0.1) is 10.2 Å². The molecular formula is C19H37N7S. The Morgan fingerprint density at radius 1 is 1.15 bits per heavy atom. The van der Waals surface area contributed by atoms with Gasteiger partial charge in [-0.1, -0.05) is 32.0 Å². The highest BCUT2D eigenvalue weighted by Gasteiger charge is 2.12. The highest BCUT2D eigenvalue weighted by molar-refractivity contribution is 7.98. The van der Waals surface area contributed by atoms with Gasteiger partial charge in [0.05, 0.1) is 0 Å². The molecule has 1 fully saturated rings. The van der Waals surface area contributed by atoms with Crippen molar-refractivity contribution in [2.45, 2.75) is 57.7 Å². The lowest BCUT2D eigenvalue weighted by Crippen LogP contribution is -2.43. The maximum absolute atomic E-state index is 4.39. The van der Waals surface area contributed by atoms with Gasteiger partial charge in [0.2, 0.25) is 0 Å². The Hall–Kier alpha value is -1.28. The molecule has 2 N–H and O–H groups in total. The molecule has 0 saturated carbocycles. The number of hydrogen-bond acceptors (Lipinski definition) is 5. The van der Waals surface area contributed by atoms with Gasteiger partial charge >= 0.3 is 0 Å². The topological polar surface area (TPSA) is 70.4 Å². The number of rotatable bonds is 10. The Balaban J connectivity index is 1.68. The first-order chi connectivity index (χ1) is 13.1. The van der Waals surface area contributed by atoms with Crippen LogP contribution in [0, 0.1) is 5.92 Å². The van der Waals surface area contributed by atoms with E-state index in [1.165, 1.54) is 32.4 Å². The molecular weight excluding hydrogens is 358 g/mol. The zero-order valence-electron chi connectivity index (χ0n) is 17.5. The fourth-order valence-corrected chi connectivity index (χ4v) is 3.92. The van der Waals surface area contributed by atoms with Gasteiger partial charge < -0.3 is 20.1 Å². The number of nitrogens with zero attached hydrogens (tertiary/aromatic N) is 5. The lowest BCUT2D eigenvalue weighted by molar-refractivity contribution is 0.232. The standard InChI is InChI=1S/C19H37N7S/c1-16(2)15-26-17(23-24-19(26)27-4)9-8-10-21-18(20-3)22-11-14-25-12-6-5-7-13-25/h16H,5-15H2,1-4H3,(H2,20,21,22). The second kappa shape index (κ2) is 12.2. The van der Waals surface area contributed by atoms with Crippen molar-refractivity contribution in [2.75, 3.05) is 46.0 Å². The van der Waals surface area contributed by atoms with E-state index in [4.69, 9.17) is 0 Å². The second-order valence-electron chi connectivity index (χ2n) is 7.54. The minimum atomic E-state index is 0.590. The van der Waals surface area contributed by atoms with Crippen LogP contribution < -0.4 is 10.6 Å². The predicted molar refractivity (Wildman–Crippen MR) is 115 cm³/mol. The van der Waals surface area contributed by atoms with Gasteiger partial charge in [-0.3, -0.25) is 4.99 Å². The molecule has 154 valence electrons. The number of nitrogens with one attached hydrogen (secondary N) is 2.